The maximum atomic E-state index is 11.9. The van der Waals surface area contributed by atoms with Crippen molar-refractivity contribution in [3.8, 4) is 0 Å². The Morgan fingerprint density at radius 3 is 2.67 bits per heavy atom. The van der Waals surface area contributed by atoms with Crippen LogP contribution in [0.15, 0.2) is 24.3 Å². The van der Waals surface area contributed by atoms with Crippen molar-refractivity contribution in [2.75, 3.05) is 5.32 Å². The van der Waals surface area contributed by atoms with Gasteiger partial charge in [-0.05, 0) is 29.5 Å². The highest BCUT2D eigenvalue weighted by Crippen LogP contribution is 2.08. The number of nitrogens with one attached hydrogen (secondary N) is 1. The van der Waals surface area contributed by atoms with E-state index in [1.165, 1.54) is 4.68 Å². The molecule has 110 valence electrons. The van der Waals surface area contributed by atoms with E-state index in [-0.39, 0.29) is 25.3 Å². The first-order valence-electron chi connectivity index (χ1n) is 6.38. The molecule has 0 aliphatic carbocycles. The fourth-order valence-corrected chi connectivity index (χ4v) is 1.72. The molecule has 0 fully saturated rings. The molecule has 2 N–H and O–H groups in total. The maximum Gasteiger partial charge on any atom is 0.303 e. The molecule has 8 nitrogen and oxygen atoms in total. The lowest BCUT2D eigenvalue weighted by Gasteiger charge is -2.06. The van der Waals surface area contributed by atoms with Gasteiger partial charge in [-0.15, -0.1) is 5.10 Å². The molecule has 0 bridgehead atoms. The van der Waals surface area contributed by atoms with E-state index >= 15 is 0 Å². The first-order valence-corrected chi connectivity index (χ1v) is 6.38. The summed E-state index contributed by atoms with van der Waals surface area (Å²) in [6.45, 7) is 1.90. The van der Waals surface area contributed by atoms with Crippen molar-refractivity contribution >= 4 is 17.6 Å². The predicted octanol–water partition coefficient (Wildman–Crippen LogP) is 0.637. The number of hydrogen-bond acceptors (Lipinski definition) is 5. The molecule has 1 heterocycles. The fourth-order valence-electron chi connectivity index (χ4n) is 1.72. The number of carboxylic acids is 1. The molecule has 0 radical (unpaired) electrons. The first-order chi connectivity index (χ1) is 10.0. The highest BCUT2D eigenvalue weighted by Gasteiger charge is 2.12. The number of carbonyl (C=O) groups is 2. The third kappa shape index (κ3) is 4.37. The molecule has 21 heavy (non-hydrogen) atoms. The molecule has 1 aromatic carbocycles. The van der Waals surface area contributed by atoms with Gasteiger partial charge in [-0.1, -0.05) is 17.7 Å². The molecule has 8 heteroatoms. The molecule has 0 atom stereocenters. The summed E-state index contributed by atoms with van der Waals surface area (Å²) in [5.74, 6) is -0.840. The van der Waals surface area contributed by atoms with E-state index in [1.807, 2.05) is 19.1 Å². The van der Waals surface area contributed by atoms with E-state index in [9.17, 15) is 9.59 Å². The molecular weight excluding hydrogens is 274 g/mol. The summed E-state index contributed by atoms with van der Waals surface area (Å²) in [4.78, 5) is 22.5. The van der Waals surface area contributed by atoms with E-state index in [1.54, 1.807) is 12.1 Å². The number of nitrogens with zero attached hydrogens (tertiary/aromatic N) is 4. The lowest BCUT2D eigenvalue weighted by Crippen LogP contribution is -2.21. The Labute approximate surface area is 120 Å². The monoisotopic (exact) mass is 289 g/mol. The maximum absolute atomic E-state index is 11.9. The number of carboxylic acid groups (broad SMARTS) is 1. The van der Waals surface area contributed by atoms with Crippen molar-refractivity contribution in [3.05, 3.63) is 35.7 Å². The van der Waals surface area contributed by atoms with Crippen LogP contribution in [-0.2, 0) is 22.6 Å². The summed E-state index contributed by atoms with van der Waals surface area (Å²) in [6.07, 6.45) is 0.0973. The van der Waals surface area contributed by atoms with Gasteiger partial charge in [0, 0.05) is 12.1 Å². The summed E-state index contributed by atoms with van der Waals surface area (Å²) < 4.78 is 1.30. The van der Waals surface area contributed by atoms with Gasteiger partial charge >= 0.3 is 5.97 Å². The Morgan fingerprint density at radius 1 is 1.29 bits per heavy atom. The largest absolute Gasteiger partial charge is 0.481 e. The standard InChI is InChI=1S/C13H15N5O3/c1-9-2-4-10(5-3-9)14-12(19)8-18-11(15-16-17-18)6-7-13(20)21/h2-5H,6-8H2,1H3,(H,14,19)(H,20,21). The first kappa shape index (κ1) is 14.6. The molecule has 2 rings (SSSR count). The molecule has 1 amide bonds. The normalized spacial score (nSPS) is 10.3. The number of hydrogen-bond donors (Lipinski definition) is 2. The molecule has 0 saturated heterocycles. The van der Waals surface area contributed by atoms with Gasteiger partial charge in [0.2, 0.25) is 5.91 Å². The van der Waals surface area contributed by atoms with Crippen LogP contribution >= 0.6 is 0 Å². The summed E-state index contributed by atoms with van der Waals surface area (Å²) in [6, 6.07) is 7.40. The molecular formula is C13H15N5O3. The van der Waals surface area contributed by atoms with E-state index < -0.39 is 5.97 Å². The predicted molar refractivity (Wildman–Crippen MR) is 73.6 cm³/mol. The average Bonchev–Trinajstić information content (AvgIpc) is 2.86. The van der Waals surface area contributed by atoms with Crippen LogP contribution in [0.1, 0.15) is 17.8 Å². The van der Waals surface area contributed by atoms with Crippen LogP contribution in [0.2, 0.25) is 0 Å². The van der Waals surface area contributed by atoms with Crippen molar-refractivity contribution in [1.29, 1.82) is 0 Å². The van der Waals surface area contributed by atoms with Gasteiger partial charge in [0.15, 0.2) is 5.82 Å². The van der Waals surface area contributed by atoms with Crippen LogP contribution < -0.4 is 5.32 Å². The summed E-state index contributed by atoms with van der Waals surface area (Å²) >= 11 is 0. The zero-order valence-corrected chi connectivity index (χ0v) is 11.5. The van der Waals surface area contributed by atoms with Crippen LogP contribution in [0.5, 0.6) is 0 Å². The second-order valence-corrected chi connectivity index (χ2v) is 4.56. The number of anilines is 1. The highest BCUT2D eigenvalue weighted by molar-refractivity contribution is 5.90. The SMILES string of the molecule is Cc1ccc(NC(=O)Cn2nnnc2CCC(=O)O)cc1. The van der Waals surface area contributed by atoms with Gasteiger partial charge in [0.05, 0.1) is 6.42 Å². The molecule has 1 aromatic heterocycles. The molecule has 0 unspecified atom stereocenters. The van der Waals surface area contributed by atoms with Crippen LogP contribution in [0.3, 0.4) is 0 Å². The second kappa shape index (κ2) is 6.60. The van der Waals surface area contributed by atoms with Crippen molar-refractivity contribution in [1.82, 2.24) is 20.2 Å². The van der Waals surface area contributed by atoms with E-state index in [4.69, 9.17) is 5.11 Å². The number of aromatic nitrogens is 4. The molecule has 0 saturated carbocycles. The minimum atomic E-state index is -0.936. The number of aryl methyl sites for hydroxylation is 2. The Hall–Kier alpha value is -2.77. The van der Waals surface area contributed by atoms with Gasteiger partial charge in [-0.25, -0.2) is 4.68 Å². The molecule has 0 aliphatic heterocycles. The fraction of sp³-hybridized carbons (Fsp3) is 0.308. The Bertz CT molecular complexity index is 636. The summed E-state index contributed by atoms with van der Waals surface area (Å²) in [7, 11) is 0. The third-order valence-corrected chi connectivity index (χ3v) is 2.80. The van der Waals surface area contributed by atoms with Gasteiger partial charge < -0.3 is 10.4 Å². The van der Waals surface area contributed by atoms with E-state index in [2.05, 4.69) is 20.8 Å². The molecule has 2 aromatic rings. The lowest BCUT2D eigenvalue weighted by atomic mass is 10.2. The summed E-state index contributed by atoms with van der Waals surface area (Å²) in [5.41, 5.74) is 1.79. The Balaban J connectivity index is 1.95. The second-order valence-electron chi connectivity index (χ2n) is 4.56. The topological polar surface area (TPSA) is 110 Å². The number of carbonyl (C=O) groups excluding carboxylic acids is 1. The van der Waals surface area contributed by atoms with Crippen LogP contribution in [-0.4, -0.2) is 37.2 Å². The number of tetrazole rings is 1. The minimum absolute atomic E-state index is 0.0597. The van der Waals surface area contributed by atoms with Crippen LogP contribution in [0, 0.1) is 6.92 Å². The zero-order valence-electron chi connectivity index (χ0n) is 11.5. The molecule has 0 aliphatic rings. The van der Waals surface area contributed by atoms with Crippen LogP contribution in [0.25, 0.3) is 0 Å². The van der Waals surface area contributed by atoms with Crippen molar-refractivity contribution in [2.45, 2.75) is 26.3 Å². The van der Waals surface area contributed by atoms with Crippen molar-refractivity contribution in [2.24, 2.45) is 0 Å². The Kier molecular flexibility index (Phi) is 4.60. The Morgan fingerprint density at radius 2 is 2.00 bits per heavy atom. The van der Waals surface area contributed by atoms with Gasteiger partial charge in [-0.2, -0.15) is 0 Å². The third-order valence-electron chi connectivity index (χ3n) is 2.80. The van der Waals surface area contributed by atoms with E-state index in [0.29, 0.717) is 11.5 Å². The van der Waals surface area contributed by atoms with Gasteiger partial charge in [0.25, 0.3) is 0 Å². The number of rotatable bonds is 6. The smallest absolute Gasteiger partial charge is 0.303 e. The van der Waals surface area contributed by atoms with Crippen LogP contribution in [0.4, 0.5) is 5.69 Å². The number of benzene rings is 1. The van der Waals surface area contributed by atoms with Gasteiger partial charge in [-0.3, -0.25) is 9.59 Å². The number of aliphatic carboxylic acids is 1. The number of amides is 1. The van der Waals surface area contributed by atoms with Gasteiger partial charge in [0.1, 0.15) is 6.54 Å². The van der Waals surface area contributed by atoms with Crippen molar-refractivity contribution < 1.29 is 14.7 Å². The summed E-state index contributed by atoms with van der Waals surface area (Å²) in [5, 5.41) is 22.2. The average molecular weight is 289 g/mol. The molecule has 0 spiro atoms. The van der Waals surface area contributed by atoms with Crippen molar-refractivity contribution in [3.63, 3.8) is 0 Å². The minimum Gasteiger partial charge on any atom is -0.481 e. The van der Waals surface area contributed by atoms with E-state index in [0.717, 1.165) is 5.56 Å². The quantitative estimate of drug-likeness (QED) is 0.807. The lowest BCUT2D eigenvalue weighted by molar-refractivity contribution is -0.137. The highest BCUT2D eigenvalue weighted by atomic mass is 16.4. The zero-order chi connectivity index (χ0) is 15.2.